The number of hydrogen-bond donors (Lipinski definition) is 0. The molecule has 0 N–H and O–H groups in total. The summed E-state index contributed by atoms with van der Waals surface area (Å²) < 4.78 is 16.0. The molecule has 1 fully saturated rings. The summed E-state index contributed by atoms with van der Waals surface area (Å²) in [6.07, 6.45) is 0.314. The molecule has 0 aliphatic carbocycles. The molecule has 2 amide bonds. The van der Waals surface area contributed by atoms with Crippen LogP contribution in [0.25, 0.3) is 11.5 Å². The topological polar surface area (TPSA) is 98.0 Å². The van der Waals surface area contributed by atoms with Crippen molar-refractivity contribution in [2.75, 3.05) is 46.2 Å². The summed E-state index contributed by atoms with van der Waals surface area (Å²) in [6.45, 7) is 2.04. The van der Waals surface area contributed by atoms with Crippen LogP contribution in [-0.2, 0) is 16.0 Å². The molecule has 0 spiro atoms. The number of benzene rings is 2. The summed E-state index contributed by atoms with van der Waals surface area (Å²) in [5, 5.41) is 8.41. The number of aromatic nitrogens is 2. The van der Waals surface area contributed by atoms with Crippen molar-refractivity contribution in [3.05, 3.63) is 54.1 Å². The molecule has 10 heteroatoms. The van der Waals surface area contributed by atoms with Gasteiger partial charge in [0.1, 0.15) is 11.5 Å². The van der Waals surface area contributed by atoms with Gasteiger partial charge in [0, 0.05) is 31.7 Å². The molecular formula is C24H26N4O5S. The van der Waals surface area contributed by atoms with E-state index in [2.05, 4.69) is 10.2 Å². The minimum atomic E-state index is -0.0194. The zero-order valence-electron chi connectivity index (χ0n) is 19.1. The molecule has 2 aromatic carbocycles. The minimum Gasteiger partial charge on any atom is -0.497 e. The van der Waals surface area contributed by atoms with Crippen molar-refractivity contribution in [3.63, 3.8) is 0 Å². The zero-order chi connectivity index (χ0) is 23.9. The number of nitrogens with zero attached hydrogens (tertiary/aromatic N) is 4. The maximum atomic E-state index is 12.7. The molecule has 1 aliphatic heterocycles. The summed E-state index contributed by atoms with van der Waals surface area (Å²) in [5.74, 6) is 2.09. The molecule has 178 valence electrons. The Morgan fingerprint density at radius 3 is 2.26 bits per heavy atom. The molecule has 1 aliphatic rings. The fourth-order valence-electron chi connectivity index (χ4n) is 3.61. The Morgan fingerprint density at radius 1 is 0.912 bits per heavy atom. The normalized spacial score (nSPS) is 13.6. The second kappa shape index (κ2) is 11.1. The minimum absolute atomic E-state index is 0.0194. The van der Waals surface area contributed by atoms with Crippen LogP contribution >= 0.6 is 11.8 Å². The molecule has 4 rings (SSSR count). The first-order chi connectivity index (χ1) is 16.6. The van der Waals surface area contributed by atoms with Crippen LogP contribution in [0.2, 0.25) is 0 Å². The van der Waals surface area contributed by atoms with Gasteiger partial charge in [0.15, 0.2) is 0 Å². The Labute approximate surface area is 202 Å². The number of hydrogen-bond acceptors (Lipinski definition) is 8. The number of carbonyl (C=O) groups is 2. The van der Waals surface area contributed by atoms with Crippen LogP contribution in [0.15, 0.2) is 58.2 Å². The van der Waals surface area contributed by atoms with Crippen LogP contribution in [0, 0.1) is 0 Å². The van der Waals surface area contributed by atoms with Crippen molar-refractivity contribution in [1.29, 1.82) is 0 Å². The molecule has 0 saturated carbocycles. The quantitative estimate of drug-likeness (QED) is 0.452. The predicted molar refractivity (Wildman–Crippen MR) is 127 cm³/mol. The predicted octanol–water partition coefficient (Wildman–Crippen LogP) is 2.76. The highest BCUT2D eigenvalue weighted by atomic mass is 32.2. The van der Waals surface area contributed by atoms with Crippen molar-refractivity contribution >= 4 is 23.6 Å². The SMILES string of the molecule is COc1ccc(-c2nnc(SCC(=O)N3CCN(C(=O)Cc4cccc(OC)c4)CC3)o2)cc1. The van der Waals surface area contributed by atoms with Crippen molar-refractivity contribution in [1.82, 2.24) is 20.0 Å². The van der Waals surface area contributed by atoms with E-state index >= 15 is 0 Å². The molecule has 1 aromatic heterocycles. The summed E-state index contributed by atoms with van der Waals surface area (Å²) in [5.41, 5.74) is 1.69. The molecule has 1 saturated heterocycles. The standard InChI is InChI=1S/C24H26N4O5S/c1-31-19-8-6-18(7-9-19)23-25-26-24(33-23)34-16-22(30)28-12-10-27(11-13-28)21(29)15-17-4-3-5-20(14-17)32-2/h3-9,14H,10-13,15-16H2,1-2H3. The highest BCUT2D eigenvalue weighted by molar-refractivity contribution is 7.99. The third-order valence-electron chi connectivity index (χ3n) is 5.54. The van der Waals surface area contributed by atoms with E-state index < -0.39 is 0 Å². The molecule has 34 heavy (non-hydrogen) atoms. The second-order valence-corrected chi connectivity index (χ2v) is 8.61. The summed E-state index contributed by atoms with van der Waals surface area (Å²) in [4.78, 5) is 28.9. The van der Waals surface area contributed by atoms with E-state index in [1.54, 1.807) is 24.0 Å². The maximum absolute atomic E-state index is 12.7. The fraction of sp³-hybridized carbons (Fsp3) is 0.333. The first-order valence-electron chi connectivity index (χ1n) is 10.8. The lowest BCUT2D eigenvalue weighted by atomic mass is 10.1. The first kappa shape index (κ1) is 23.6. The highest BCUT2D eigenvalue weighted by Gasteiger charge is 2.24. The van der Waals surface area contributed by atoms with Gasteiger partial charge < -0.3 is 23.7 Å². The lowest BCUT2D eigenvalue weighted by molar-refractivity contribution is -0.137. The van der Waals surface area contributed by atoms with E-state index in [1.165, 1.54) is 11.8 Å². The average Bonchev–Trinajstić information content (AvgIpc) is 3.36. The number of thioether (sulfide) groups is 1. The highest BCUT2D eigenvalue weighted by Crippen LogP contribution is 2.25. The Balaban J connectivity index is 1.23. The van der Waals surface area contributed by atoms with Gasteiger partial charge in [0.25, 0.3) is 5.22 Å². The average molecular weight is 483 g/mol. The van der Waals surface area contributed by atoms with Crippen LogP contribution in [0.1, 0.15) is 5.56 Å². The molecule has 3 aromatic rings. The van der Waals surface area contributed by atoms with E-state index in [0.29, 0.717) is 43.7 Å². The fourth-order valence-corrected chi connectivity index (χ4v) is 4.27. The van der Waals surface area contributed by atoms with Crippen molar-refractivity contribution in [2.45, 2.75) is 11.6 Å². The summed E-state index contributed by atoms with van der Waals surface area (Å²) in [6, 6.07) is 14.8. The molecular weight excluding hydrogens is 456 g/mol. The second-order valence-electron chi connectivity index (χ2n) is 7.68. The van der Waals surface area contributed by atoms with Gasteiger partial charge in [-0.15, -0.1) is 10.2 Å². The van der Waals surface area contributed by atoms with Gasteiger partial charge in [-0.3, -0.25) is 9.59 Å². The van der Waals surface area contributed by atoms with Crippen molar-refractivity contribution in [3.8, 4) is 23.0 Å². The summed E-state index contributed by atoms with van der Waals surface area (Å²) in [7, 11) is 3.21. The van der Waals surface area contributed by atoms with Gasteiger partial charge in [-0.2, -0.15) is 0 Å². The maximum Gasteiger partial charge on any atom is 0.277 e. The number of rotatable bonds is 8. The van der Waals surface area contributed by atoms with Gasteiger partial charge in [-0.1, -0.05) is 23.9 Å². The van der Waals surface area contributed by atoms with Crippen LogP contribution in [0.5, 0.6) is 11.5 Å². The van der Waals surface area contributed by atoms with E-state index in [9.17, 15) is 9.59 Å². The van der Waals surface area contributed by atoms with Crippen molar-refractivity contribution in [2.24, 2.45) is 0 Å². The third kappa shape index (κ3) is 5.88. The number of carbonyl (C=O) groups excluding carboxylic acids is 2. The van der Waals surface area contributed by atoms with Crippen LogP contribution in [-0.4, -0.2) is 78.0 Å². The third-order valence-corrected chi connectivity index (χ3v) is 6.34. The smallest absolute Gasteiger partial charge is 0.277 e. The van der Waals surface area contributed by atoms with E-state index in [4.69, 9.17) is 13.9 Å². The van der Waals surface area contributed by atoms with Gasteiger partial charge in [-0.25, -0.2) is 0 Å². The molecule has 9 nitrogen and oxygen atoms in total. The number of methoxy groups -OCH3 is 2. The lowest BCUT2D eigenvalue weighted by Gasteiger charge is -2.34. The number of piperazine rings is 1. The Morgan fingerprint density at radius 2 is 1.59 bits per heavy atom. The molecule has 0 bridgehead atoms. The Kier molecular flexibility index (Phi) is 7.69. The molecule has 0 unspecified atom stereocenters. The number of ether oxygens (including phenoxy) is 2. The lowest BCUT2D eigenvalue weighted by Crippen LogP contribution is -2.51. The molecule has 2 heterocycles. The summed E-state index contributed by atoms with van der Waals surface area (Å²) >= 11 is 1.21. The van der Waals surface area contributed by atoms with Gasteiger partial charge in [-0.05, 0) is 42.0 Å². The number of amides is 2. The van der Waals surface area contributed by atoms with E-state index in [0.717, 1.165) is 22.6 Å². The van der Waals surface area contributed by atoms with E-state index in [1.807, 2.05) is 48.5 Å². The molecule has 0 radical (unpaired) electrons. The van der Waals surface area contributed by atoms with E-state index in [-0.39, 0.29) is 17.6 Å². The van der Waals surface area contributed by atoms with Crippen LogP contribution < -0.4 is 9.47 Å². The van der Waals surface area contributed by atoms with Crippen LogP contribution in [0.3, 0.4) is 0 Å². The zero-order valence-corrected chi connectivity index (χ0v) is 19.9. The van der Waals surface area contributed by atoms with Gasteiger partial charge in [0.05, 0.1) is 26.4 Å². The van der Waals surface area contributed by atoms with Gasteiger partial charge >= 0.3 is 0 Å². The van der Waals surface area contributed by atoms with Crippen molar-refractivity contribution < 1.29 is 23.5 Å². The Bertz CT molecular complexity index is 1130. The van der Waals surface area contributed by atoms with Gasteiger partial charge in [0.2, 0.25) is 17.7 Å². The van der Waals surface area contributed by atoms with Crippen LogP contribution in [0.4, 0.5) is 0 Å². The first-order valence-corrected chi connectivity index (χ1v) is 11.8. The molecule has 0 atom stereocenters. The Hall–Kier alpha value is -3.53. The largest absolute Gasteiger partial charge is 0.497 e. The monoisotopic (exact) mass is 482 g/mol.